The summed E-state index contributed by atoms with van der Waals surface area (Å²) in [6.07, 6.45) is 0. The summed E-state index contributed by atoms with van der Waals surface area (Å²) in [5, 5.41) is 3.79. The number of fused-ring (bicyclic) bond motifs is 1. The van der Waals surface area contributed by atoms with Crippen LogP contribution in [0.5, 0.6) is 17.2 Å². The number of aryl methyl sites for hydroxylation is 1. The first-order valence-electron chi connectivity index (χ1n) is 11.3. The molecule has 37 heavy (non-hydrogen) atoms. The summed E-state index contributed by atoms with van der Waals surface area (Å²) < 4.78 is 21.7. The predicted octanol–water partition coefficient (Wildman–Crippen LogP) is 5.68. The smallest absolute Gasteiger partial charge is 0.339 e. The van der Waals surface area contributed by atoms with Crippen molar-refractivity contribution in [1.82, 2.24) is 4.98 Å². The lowest BCUT2D eigenvalue weighted by atomic mass is 10.0. The van der Waals surface area contributed by atoms with E-state index in [1.165, 1.54) is 21.3 Å². The molecule has 0 radical (unpaired) electrons. The topological polar surface area (TPSA) is 96.0 Å². The Morgan fingerprint density at radius 1 is 0.919 bits per heavy atom. The van der Waals surface area contributed by atoms with Crippen LogP contribution >= 0.6 is 11.6 Å². The highest BCUT2D eigenvalue weighted by molar-refractivity contribution is 6.31. The first kappa shape index (κ1) is 25.8. The molecule has 190 valence electrons. The Morgan fingerprint density at radius 2 is 1.62 bits per heavy atom. The molecular formula is C28H25ClN2O6. The number of hydrogen-bond acceptors (Lipinski definition) is 7. The Hall–Kier alpha value is -4.30. The molecule has 4 aromatic rings. The van der Waals surface area contributed by atoms with Gasteiger partial charge in [-0.1, -0.05) is 35.9 Å². The summed E-state index contributed by atoms with van der Waals surface area (Å²) >= 11 is 6.02. The number of methoxy groups -OCH3 is 3. The Morgan fingerprint density at radius 3 is 2.30 bits per heavy atom. The Balaban J connectivity index is 1.65. The van der Waals surface area contributed by atoms with Crippen molar-refractivity contribution in [3.63, 3.8) is 0 Å². The summed E-state index contributed by atoms with van der Waals surface area (Å²) in [6, 6.07) is 17.4. The van der Waals surface area contributed by atoms with Gasteiger partial charge in [0.15, 0.2) is 18.1 Å². The molecule has 0 saturated carbocycles. The van der Waals surface area contributed by atoms with Crippen molar-refractivity contribution in [3.8, 4) is 28.5 Å². The fourth-order valence-corrected chi connectivity index (χ4v) is 4.02. The molecule has 0 bridgehead atoms. The van der Waals surface area contributed by atoms with E-state index < -0.39 is 18.5 Å². The van der Waals surface area contributed by atoms with Gasteiger partial charge in [0.05, 0.1) is 38.1 Å². The summed E-state index contributed by atoms with van der Waals surface area (Å²) in [4.78, 5) is 30.3. The van der Waals surface area contributed by atoms with Gasteiger partial charge in [0.2, 0.25) is 5.75 Å². The van der Waals surface area contributed by atoms with Crippen LogP contribution in [-0.2, 0) is 9.53 Å². The van der Waals surface area contributed by atoms with Gasteiger partial charge in [0.1, 0.15) is 0 Å². The number of nitrogens with one attached hydrogen (secondary N) is 1. The molecule has 3 aromatic carbocycles. The second kappa shape index (κ2) is 11.2. The van der Waals surface area contributed by atoms with Crippen LogP contribution in [0.2, 0.25) is 5.02 Å². The second-order valence-electron chi connectivity index (χ2n) is 8.07. The van der Waals surface area contributed by atoms with E-state index >= 15 is 0 Å². The molecule has 0 aliphatic rings. The van der Waals surface area contributed by atoms with Crippen molar-refractivity contribution in [3.05, 3.63) is 76.8 Å². The van der Waals surface area contributed by atoms with Gasteiger partial charge in [0.25, 0.3) is 5.91 Å². The fraction of sp³-hybridized carbons (Fsp3) is 0.179. The van der Waals surface area contributed by atoms with Gasteiger partial charge in [-0.2, -0.15) is 0 Å². The number of rotatable bonds is 8. The zero-order valence-corrected chi connectivity index (χ0v) is 21.5. The fourth-order valence-electron chi connectivity index (χ4n) is 3.85. The normalized spacial score (nSPS) is 10.6. The van der Waals surface area contributed by atoms with Crippen LogP contribution in [0.1, 0.15) is 15.9 Å². The van der Waals surface area contributed by atoms with E-state index in [9.17, 15) is 9.59 Å². The number of hydrogen-bond donors (Lipinski definition) is 1. The molecule has 0 aliphatic carbocycles. The van der Waals surface area contributed by atoms with Crippen molar-refractivity contribution >= 4 is 40.1 Å². The van der Waals surface area contributed by atoms with Gasteiger partial charge in [-0.05, 0) is 48.9 Å². The van der Waals surface area contributed by atoms with E-state index in [-0.39, 0.29) is 5.56 Å². The van der Waals surface area contributed by atoms with E-state index in [4.69, 9.17) is 35.5 Å². The van der Waals surface area contributed by atoms with Gasteiger partial charge >= 0.3 is 5.97 Å². The van der Waals surface area contributed by atoms with Crippen LogP contribution < -0.4 is 19.5 Å². The second-order valence-corrected chi connectivity index (χ2v) is 8.51. The van der Waals surface area contributed by atoms with Crippen molar-refractivity contribution in [1.29, 1.82) is 0 Å². The maximum atomic E-state index is 13.1. The Kier molecular flexibility index (Phi) is 7.79. The van der Waals surface area contributed by atoms with Crippen molar-refractivity contribution in [2.75, 3.05) is 33.3 Å². The van der Waals surface area contributed by atoms with Gasteiger partial charge in [-0.25, -0.2) is 9.78 Å². The molecule has 0 spiro atoms. The summed E-state index contributed by atoms with van der Waals surface area (Å²) in [7, 11) is 4.56. The zero-order valence-electron chi connectivity index (χ0n) is 20.8. The van der Waals surface area contributed by atoms with Gasteiger partial charge in [-0.15, -0.1) is 0 Å². The van der Waals surface area contributed by atoms with E-state index in [0.29, 0.717) is 50.1 Å². The quantitative estimate of drug-likeness (QED) is 0.298. The lowest BCUT2D eigenvalue weighted by Crippen LogP contribution is -2.21. The average Bonchev–Trinajstić information content (AvgIpc) is 2.92. The number of aromatic nitrogens is 1. The molecule has 0 saturated heterocycles. The van der Waals surface area contributed by atoms with Crippen molar-refractivity contribution in [2.24, 2.45) is 0 Å². The molecule has 9 heteroatoms. The predicted molar refractivity (Wildman–Crippen MR) is 142 cm³/mol. The van der Waals surface area contributed by atoms with Gasteiger partial charge < -0.3 is 24.3 Å². The monoisotopic (exact) mass is 520 g/mol. The van der Waals surface area contributed by atoms with Crippen molar-refractivity contribution < 1.29 is 28.5 Å². The number of para-hydroxylation sites is 1. The largest absolute Gasteiger partial charge is 0.493 e. The van der Waals surface area contributed by atoms with E-state index in [1.54, 1.807) is 54.6 Å². The van der Waals surface area contributed by atoms with Gasteiger partial charge in [0, 0.05) is 21.7 Å². The number of esters is 1. The lowest BCUT2D eigenvalue weighted by Gasteiger charge is -2.15. The minimum atomic E-state index is -0.662. The number of carbonyl (C=O) groups is 2. The van der Waals surface area contributed by atoms with Gasteiger partial charge in [-0.3, -0.25) is 4.79 Å². The number of halogens is 1. The molecule has 0 unspecified atom stereocenters. The first-order valence-corrected chi connectivity index (χ1v) is 11.7. The molecule has 1 amide bonds. The third kappa shape index (κ3) is 5.59. The van der Waals surface area contributed by atoms with Crippen molar-refractivity contribution in [2.45, 2.75) is 6.92 Å². The SMILES string of the molecule is COc1cc(-c2cc(C(=O)OCC(=O)Nc3cc(Cl)ccc3C)c3ccccc3n2)cc(OC)c1OC. The number of carbonyl (C=O) groups excluding carboxylic acids is 2. The molecule has 0 fully saturated rings. The standard InChI is InChI=1S/C28H25ClN2O6/c1-16-9-10-18(29)13-22(16)31-26(32)15-37-28(33)20-14-23(30-21-8-6-5-7-19(20)21)17-11-24(34-2)27(36-4)25(12-17)35-3/h5-14H,15H2,1-4H3,(H,31,32). The third-order valence-electron chi connectivity index (χ3n) is 5.70. The van der Waals surface area contributed by atoms with Crippen LogP contribution in [0, 0.1) is 6.92 Å². The van der Waals surface area contributed by atoms with Crippen LogP contribution in [0.3, 0.4) is 0 Å². The average molecular weight is 521 g/mol. The lowest BCUT2D eigenvalue weighted by molar-refractivity contribution is -0.119. The number of benzene rings is 3. The molecule has 1 aromatic heterocycles. The first-order chi connectivity index (χ1) is 17.8. The molecular weight excluding hydrogens is 496 g/mol. The number of pyridine rings is 1. The maximum Gasteiger partial charge on any atom is 0.339 e. The van der Waals surface area contributed by atoms with Crippen LogP contribution in [0.4, 0.5) is 5.69 Å². The summed E-state index contributed by atoms with van der Waals surface area (Å²) in [5.41, 5.74) is 3.36. The third-order valence-corrected chi connectivity index (χ3v) is 5.94. The highest BCUT2D eigenvalue weighted by atomic mass is 35.5. The molecule has 4 rings (SSSR count). The van der Waals surface area contributed by atoms with Crippen LogP contribution in [-0.4, -0.2) is 44.8 Å². The molecule has 0 aliphatic heterocycles. The number of nitrogens with zero attached hydrogens (tertiary/aromatic N) is 1. The number of amides is 1. The van der Waals surface area contributed by atoms with E-state index in [2.05, 4.69) is 5.32 Å². The Labute approximate surface area is 219 Å². The van der Waals surface area contributed by atoms with Crippen LogP contribution in [0.15, 0.2) is 60.7 Å². The zero-order chi connectivity index (χ0) is 26.5. The highest BCUT2D eigenvalue weighted by Crippen LogP contribution is 2.41. The summed E-state index contributed by atoms with van der Waals surface area (Å²) in [5.74, 6) is 0.190. The number of ether oxygens (including phenoxy) is 4. The minimum Gasteiger partial charge on any atom is -0.493 e. The Bertz CT molecular complexity index is 1460. The minimum absolute atomic E-state index is 0.265. The molecule has 8 nitrogen and oxygen atoms in total. The number of anilines is 1. The highest BCUT2D eigenvalue weighted by Gasteiger charge is 2.19. The van der Waals surface area contributed by atoms with E-state index in [0.717, 1.165) is 5.56 Å². The molecule has 1 heterocycles. The molecule has 0 atom stereocenters. The molecule has 1 N–H and O–H groups in total. The van der Waals surface area contributed by atoms with E-state index in [1.807, 2.05) is 13.0 Å². The summed E-state index contributed by atoms with van der Waals surface area (Å²) in [6.45, 7) is 1.37. The van der Waals surface area contributed by atoms with Crippen LogP contribution in [0.25, 0.3) is 22.2 Å². The maximum absolute atomic E-state index is 13.1.